The molecule has 0 saturated heterocycles. The Balaban J connectivity index is 1.89. The molecule has 0 radical (unpaired) electrons. The van der Waals surface area contributed by atoms with Crippen LogP contribution < -0.4 is 0 Å². The van der Waals surface area contributed by atoms with Gasteiger partial charge in [0.15, 0.2) is 0 Å². The molecule has 5 aromatic rings. The van der Waals surface area contributed by atoms with E-state index in [2.05, 4.69) is 50.2 Å². The van der Waals surface area contributed by atoms with Crippen LogP contribution in [-0.2, 0) is 0 Å². The SMILES string of the molecule is Cc1c(C)c(-c2c(Cl)cccc2Cl)c2c(c1-c1c(Cl)cccc1Cl)-c1cccc3cccc-2c13. The van der Waals surface area contributed by atoms with Crippen LogP contribution in [0.25, 0.3) is 55.3 Å². The topological polar surface area (TPSA) is 0 Å². The molecule has 0 saturated carbocycles. The lowest BCUT2D eigenvalue weighted by molar-refractivity contribution is 1.34. The van der Waals surface area contributed by atoms with Gasteiger partial charge in [-0.05, 0) is 93.4 Å². The minimum atomic E-state index is 0.629. The fraction of sp³-hybridized carbons (Fsp3) is 0.0667. The average Bonchev–Trinajstić information content (AvgIpc) is 3.14. The largest absolute Gasteiger partial charge is 0.0836 e. The smallest absolute Gasteiger partial charge is 0.0499 e. The molecule has 6 rings (SSSR count). The lowest BCUT2D eigenvalue weighted by Gasteiger charge is -2.24. The molecule has 1 aliphatic rings. The maximum Gasteiger partial charge on any atom is 0.0499 e. The molecule has 34 heavy (non-hydrogen) atoms. The van der Waals surface area contributed by atoms with Crippen LogP contribution in [0.4, 0.5) is 0 Å². The van der Waals surface area contributed by atoms with Crippen molar-refractivity contribution in [2.45, 2.75) is 13.8 Å². The van der Waals surface area contributed by atoms with Crippen LogP contribution in [0, 0.1) is 13.8 Å². The fourth-order valence-corrected chi connectivity index (χ4v) is 6.57. The first kappa shape index (κ1) is 22.0. The molecule has 0 unspecified atom stereocenters. The second kappa shape index (κ2) is 8.04. The molecule has 0 fully saturated rings. The average molecular weight is 520 g/mol. The normalized spacial score (nSPS) is 11.8. The quantitative estimate of drug-likeness (QED) is 0.213. The Morgan fingerprint density at radius 1 is 0.412 bits per heavy atom. The molecule has 0 heterocycles. The van der Waals surface area contributed by atoms with Gasteiger partial charge in [0, 0.05) is 31.2 Å². The Morgan fingerprint density at radius 2 is 0.765 bits per heavy atom. The lowest BCUT2D eigenvalue weighted by Crippen LogP contribution is -1.99. The van der Waals surface area contributed by atoms with E-state index in [0.717, 1.165) is 44.5 Å². The van der Waals surface area contributed by atoms with Crippen LogP contribution in [0.1, 0.15) is 11.1 Å². The van der Waals surface area contributed by atoms with Crippen molar-refractivity contribution in [1.82, 2.24) is 0 Å². The summed E-state index contributed by atoms with van der Waals surface area (Å²) in [5.41, 5.74) is 10.6. The van der Waals surface area contributed by atoms with Gasteiger partial charge in [-0.1, -0.05) is 94.9 Å². The summed E-state index contributed by atoms with van der Waals surface area (Å²) >= 11 is 27.1. The highest BCUT2D eigenvalue weighted by Crippen LogP contribution is 2.59. The molecular weight excluding hydrogens is 502 g/mol. The van der Waals surface area contributed by atoms with Crippen molar-refractivity contribution in [3.63, 3.8) is 0 Å². The van der Waals surface area contributed by atoms with E-state index < -0.39 is 0 Å². The number of fused-ring (bicyclic) bond motifs is 3. The van der Waals surface area contributed by atoms with Gasteiger partial charge in [-0.2, -0.15) is 0 Å². The molecule has 5 aromatic carbocycles. The Labute approximate surface area is 218 Å². The van der Waals surface area contributed by atoms with Gasteiger partial charge in [-0.3, -0.25) is 0 Å². The van der Waals surface area contributed by atoms with Crippen LogP contribution >= 0.6 is 46.4 Å². The summed E-state index contributed by atoms with van der Waals surface area (Å²) in [5, 5.41) is 4.92. The molecule has 0 aromatic heterocycles. The van der Waals surface area contributed by atoms with E-state index in [1.807, 2.05) is 36.4 Å². The zero-order chi connectivity index (χ0) is 23.7. The number of rotatable bonds is 2. The molecule has 4 heteroatoms. The second-order valence-electron chi connectivity index (χ2n) is 8.65. The summed E-state index contributed by atoms with van der Waals surface area (Å²) < 4.78 is 0. The van der Waals surface area contributed by atoms with Crippen molar-refractivity contribution in [2.24, 2.45) is 0 Å². The Bertz CT molecular complexity index is 1500. The summed E-state index contributed by atoms with van der Waals surface area (Å²) in [6, 6.07) is 24.2. The van der Waals surface area contributed by atoms with Gasteiger partial charge in [0.05, 0.1) is 0 Å². The number of halogens is 4. The molecular formula is C30H18Cl4. The Hall–Kier alpha value is -2.48. The summed E-state index contributed by atoms with van der Waals surface area (Å²) in [4.78, 5) is 0. The van der Waals surface area contributed by atoms with Crippen molar-refractivity contribution < 1.29 is 0 Å². The second-order valence-corrected chi connectivity index (χ2v) is 10.3. The van der Waals surface area contributed by atoms with Gasteiger partial charge in [-0.25, -0.2) is 0 Å². The zero-order valence-electron chi connectivity index (χ0n) is 18.4. The maximum absolute atomic E-state index is 6.78. The van der Waals surface area contributed by atoms with Crippen molar-refractivity contribution in [2.75, 3.05) is 0 Å². The predicted molar refractivity (Wildman–Crippen MR) is 149 cm³/mol. The molecule has 0 spiro atoms. The zero-order valence-corrected chi connectivity index (χ0v) is 21.5. The van der Waals surface area contributed by atoms with E-state index >= 15 is 0 Å². The number of benzene rings is 5. The van der Waals surface area contributed by atoms with Crippen molar-refractivity contribution in [1.29, 1.82) is 0 Å². The lowest BCUT2D eigenvalue weighted by atomic mass is 9.81. The van der Waals surface area contributed by atoms with Crippen LogP contribution in [0.3, 0.4) is 0 Å². The highest BCUT2D eigenvalue weighted by molar-refractivity contribution is 6.41. The van der Waals surface area contributed by atoms with Gasteiger partial charge in [0.25, 0.3) is 0 Å². The van der Waals surface area contributed by atoms with Crippen LogP contribution in [0.5, 0.6) is 0 Å². The first-order valence-corrected chi connectivity index (χ1v) is 12.5. The molecule has 0 amide bonds. The summed E-state index contributed by atoms with van der Waals surface area (Å²) in [7, 11) is 0. The molecule has 0 atom stereocenters. The Kier molecular flexibility index (Phi) is 5.20. The van der Waals surface area contributed by atoms with E-state index in [4.69, 9.17) is 46.4 Å². The van der Waals surface area contributed by atoms with Gasteiger partial charge < -0.3 is 0 Å². The molecule has 1 aliphatic carbocycles. The fourth-order valence-electron chi connectivity index (χ4n) is 5.39. The highest BCUT2D eigenvalue weighted by Gasteiger charge is 2.32. The molecule has 0 bridgehead atoms. The first-order valence-electron chi connectivity index (χ1n) is 11.0. The maximum atomic E-state index is 6.78. The van der Waals surface area contributed by atoms with Crippen molar-refractivity contribution in [3.8, 4) is 44.5 Å². The number of hydrogen-bond acceptors (Lipinski definition) is 0. The van der Waals surface area contributed by atoms with Crippen molar-refractivity contribution in [3.05, 3.63) is 104 Å². The molecule has 0 aliphatic heterocycles. The van der Waals surface area contributed by atoms with Crippen LogP contribution in [0.2, 0.25) is 20.1 Å². The third-order valence-electron chi connectivity index (χ3n) is 6.93. The summed E-state index contributed by atoms with van der Waals surface area (Å²) in [5.74, 6) is 0. The van der Waals surface area contributed by atoms with E-state index in [-0.39, 0.29) is 0 Å². The van der Waals surface area contributed by atoms with Gasteiger partial charge in [-0.15, -0.1) is 0 Å². The third kappa shape index (κ3) is 3.00. The van der Waals surface area contributed by atoms with Gasteiger partial charge in [0.2, 0.25) is 0 Å². The van der Waals surface area contributed by atoms with E-state index in [1.165, 1.54) is 21.9 Å². The van der Waals surface area contributed by atoms with Crippen molar-refractivity contribution >= 4 is 57.2 Å². The third-order valence-corrected chi connectivity index (χ3v) is 8.19. The first-order chi connectivity index (χ1) is 16.4. The Morgan fingerprint density at radius 3 is 1.15 bits per heavy atom. The standard InChI is InChI=1S/C30H18Cl4/c1-15-16(2)25(30-22(33)13-6-14-23(30)34)28-19-10-4-8-17-7-3-9-18(26(17)19)27(28)24(15)29-20(31)11-5-12-21(29)32/h3-14H,1-2H3. The monoisotopic (exact) mass is 518 g/mol. The van der Waals surface area contributed by atoms with Crippen LogP contribution in [-0.4, -0.2) is 0 Å². The summed E-state index contributed by atoms with van der Waals surface area (Å²) in [6.07, 6.45) is 0. The van der Waals surface area contributed by atoms with Gasteiger partial charge >= 0.3 is 0 Å². The minimum absolute atomic E-state index is 0.629. The number of hydrogen-bond donors (Lipinski definition) is 0. The van der Waals surface area contributed by atoms with Crippen LogP contribution in [0.15, 0.2) is 72.8 Å². The molecule has 0 N–H and O–H groups in total. The van der Waals surface area contributed by atoms with E-state index in [1.54, 1.807) is 0 Å². The van der Waals surface area contributed by atoms with E-state index in [0.29, 0.717) is 20.1 Å². The molecule has 0 nitrogen and oxygen atoms in total. The minimum Gasteiger partial charge on any atom is -0.0836 e. The summed E-state index contributed by atoms with van der Waals surface area (Å²) in [6.45, 7) is 4.25. The van der Waals surface area contributed by atoms with E-state index in [9.17, 15) is 0 Å². The van der Waals surface area contributed by atoms with Gasteiger partial charge in [0.1, 0.15) is 0 Å². The highest BCUT2D eigenvalue weighted by atomic mass is 35.5. The molecule has 166 valence electrons. The predicted octanol–water partition coefficient (Wildman–Crippen LogP) is 11.1.